The Hall–Kier alpha value is -1.68. The zero-order valence-electron chi connectivity index (χ0n) is 13.3. The maximum Gasteiger partial charge on any atom is 0.282 e. The zero-order chi connectivity index (χ0) is 17.2. The van der Waals surface area contributed by atoms with Gasteiger partial charge in [0.25, 0.3) is 16.1 Å². The van der Waals surface area contributed by atoms with Crippen molar-refractivity contribution in [2.45, 2.75) is 25.8 Å². The van der Waals surface area contributed by atoms with Gasteiger partial charge in [-0.1, -0.05) is 12.5 Å². The van der Waals surface area contributed by atoms with Crippen LogP contribution < -0.4 is 10.2 Å². The summed E-state index contributed by atoms with van der Waals surface area (Å²) in [4.78, 5) is 11.5. The molecule has 1 aromatic carbocycles. The van der Waals surface area contributed by atoms with Gasteiger partial charge in [-0.15, -0.1) is 0 Å². The van der Waals surface area contributed by atoms with Gasteiger partial charge < -0.3 is 4.74 Å². The third-order valence-electron chi connectivity index (χ3n) is 4.34. The number of hydrogen-bond donors (Lipinski definition) is 2. The predicted molar refractivity (Wildman–Crippen MR) is 85.9 cm³/mol. The number of piperidine rings is 1. The first-order valence-corrected chi connectivity index (χ1v) is 9.37. The van der Waals surface area contributed by atoms with Gasteiger partial charge in [-0.25, -0.2) is 5.48 Å². The molecule has 0 aliphatic carbocycles. The number of hydrogen-bond acceptors (Lipinski definition) is 5. The highest BCUT2D eigenvalue weighted by atomic mass is 32.2. The summed E-state index contributed by atoms with van der Waals surface area (Å²) < 4.78 is 34.2. The highest BCUT2D eigenvalue weighted by molar-refractivity contribution is 7.86. The summed E-state index contributed by atoms with van der Waals surface area (Å²) in [5, 5.41) is 8.71. The van der Waals surface area contributed by atoms with Crippen molar-refractivity contribution in [3.05, 3.63) is 29.3 Å². The molecule has 0 spiro atoms. The summed E-state index contributed by atoms with van der Waals surface area (Å²) in [6, 6.07) is 4.70. The number of hydroxylamine groups is 1. The van der Waals surface area contributed by atoms with E-state index in [-0.39, 0.29) is 25.3 Å². The molecule has 1 aromatic rings. The molecule has 1 amide bonds. The van der Waals surface area contributed by atoms with Crippen LogP contribution in [-0.4, -0.2) is 54.4 Å². The molecule has 0 radical (unpaired) electrons. The molecule has 0 aromatic heterocycles. The van der Waals surface area contributed by atoms with Gasteiger partial charge in [0.05, 0.1) is 0 Å². The Morgan fingerprint density at radius 2 is 1.88 bits per heavy atom. The molecule has 3 rings (SSSR count). The maximum absolute atomic E-state index is 12.8. The van der Waals surface area contributed by atoms with Crippen molar-refractivity contribution in [2.24, 2.45) is 0 Å². The second kappa shape index (κ2) is 7.06. The highest BCUT2D eigenvalue weighted by Crippen LogP contribution is 2.27. The van der Waals surface area contributed by atoms with Crippen LogP contribution in [0.4, 0.5) is 0 Å². The number of benzene rings is 1. The summed E-state index contributed by atoms with van der Waals surface area (Å²) in [5.74, 6) is -0.170. The predicted octanol–water partition coefficient (Wildman–Crippen LogP) is 0.731. The van der Waals surface area contributed by atoms with Crippen LogP contribution in [0.25, 0.3) is 0 Å². The fourth-order valence-electron chi connectivity index (χ4n) is 3.01. The first-order valence-electron chi connectivity index (χ1n) is 7.98. The Kier molecular flexibility index (Phi) is 5.04. The second-order valence-electron chi connectivity index (χ2n) is 5.91. The number of ether oxygens (including phenoxy) is 1. The SMILES string of the molecule is O=C(NO)c1ccc2c(c1)OCCN(S(=O)(=O)N1CCCCC1)C2. The largest absolute Gasteiger partial charge is 0.492 e. The van der Waals surface area contributed by atoms with E-state index in [1.54, 1.807) is 11.5 Å². The van der Waals surface area contributed by atoms with Crippen LogP contribution in [0.3, 0.4) is 0 Å². The lowest BCUT2D eigenvalue weighted by atomic mass is 10.1. The molecular formula is C15H21N3O5S. The van der Waals surface area contributed by atoms with Gasteiger partial charge in [-0.2, -0.15) is 17.0 Å². The number of rotatable bonds is 3. The first kappa shape index (κ1) is 17.2. The van der Waals surface area contributed by atoms with Crippen LogP contribution in [0.2, 0.25) is 0 Å². The fraction of sp³-hybridized carbons (Fsp3) is 0.533. The minimum Gasteiger partial charge on any atom is -0.492 e. The van der Waals surface area contributed by atoms with E-state index >= 15 is 0 Å². The average Bonchev–Trinajstić information content (AvgIpc) is 2.84. The summed E-state index contributed by atoms with van der Waals surface area (Å²) in [6.45, 7) is 1.79. The lowest BCUT2D eigenvalue weighted by Gasteiger charge is -2.31. The molecule has 1 fully saturated rings. The monoisotopic (exact) mass is 355 g/mol. The summed E-state index contributed by atoms with van der Waals surface area (Å²) in [5.41, 5.74) is 2.52. The van der Waals surface area contributed by atoms with Crippen molar-refractivity contribution in [2.75, 3.05) is 26.2 Å². The van der Waals surface area contributed by atoms with Crippen LogP contribution in [0, 0.1) is 0 Å². The number of amides is 1. The average molecular weight is 355 g/mol. The topological polar surface area (TPSA) is 99.2 Å². The van der Waals surface area contributed by atoms with E-state index in [0.717, 1.165) is 19.3 Å². The molecule has 2 heterocycles. The van der Waals surface area contributed by atoms with E-state index in [1.165, 1.54) is 20.7 Å². The Labute approximate surface area is 141 Å². The molecule has 9 heteroatoms. The van der Waals surface area contributed by atoms with Crippen molar-refractivity contribution in [3.8, 4) is 5.75 Å². The van der Waals surface area contributed by atoms with Crippen LogP contribution in [0.5, 0.6) is 5.75 Å². The molecule has 0 bridgehead atoms. The van der Waals surface area contributed by atoms with Crippen molar-refractivity contribution in [3.63, 3.8) is 0 Å². The number of carbonyl (C=O) groups is 1. The number of carbonyl (C=O) groups excluding carboxylic acids is 1. The van der Waals surface area contributed by atoms with Crippen molar-refractivity contribution in [1.29, 1.82) is 0 Å². The molecule has 0 atom stereocenters. The summed E-state index contributed by atoms with van der Waals surface area (Å²) >= 11 is 0. The van der Waals surface area contributed by atoms with Gasteiger partial charge in [0.15, 0.2) is 0 Å². The molecule has 132 valence electrons. The highest BCUT2D eigenvalue weighted by Gasteiger charge is 2.32. The minimum atomic E-state index is -3.51. The second-order valence-corrected chi connectivity index (χ2v) is 7.84. The van der Waals surface area contributed by atoms with Crippen molar-refractivity contribution in [1.82, 2.24) is 14.1 Å². The standard InChI is InChI=1S/C15H21N3O5S/c19-15(16-20)12-4-5-13-11-18(8-9-23-14(13)10-12)24(21,22)17-6-2-1-3-7-17/h4-5,10,20H,1-3,6-9,11H2,(H,16,19). The van der Waals surface area contributed by atoms with Crippen molar-refractivity contribution < 1.29 is 23.2 Å². The molecule has 8 nitrogen and oxygen atoms in total. The molecule has 24 heavy (non-hydrogen) atoms. The Morgan fingerprint density at radius 3 is 2.58 bits per heavy atom. The van der Waals surface area contributed by atoms with E-state index in [1.807, 2.05) is 0 Å². The zero-order valence-corrected chi connectivity index (χ0v) is 14.1. The molecule has 2 N–H and O–H groups in total. The van der Waals surface area contributed by atoms with E-state index in [4.69, 9.17) is 9.94 Å². The van der Waals surface area contributed by atoms with Crippen LogP contribution >= 0.6 is 0 Å². The first-order chi connectivity index (χ1) is 11.5. The summed E-state index contributed by atoms with van der Waals surface area (Å²) in [6.07, 6.45) is 2.84. The van der Waals surface area contributed by atoms with E-state index < -0.39 is 16.1 Å². The van der Waals surface area contributed by atoms with Gasteiger partial charge in [0.1, 0.15) is 12.4 Å². The number of nitrogens with zero attached hydrogens (tertiary/aromatic N) is 2. The maximum atomic E-state index is 12.8. The number of nitrogens with one attached hydrogen (secondary N) is 1. The quantitative estimate of drug-likeness (QED) is 0.615. The van der Waals surface area contributed by atoms with Crippen LogP contribution in [0.1, 0.15) is 35.2 Å². The molecule has 2 aliphatic rings. The minimum absolute atomic E-state index is 0.204. The van der Waals surface area contributed by atoms with Crippen LogP contribution in [0.15, 0.2) is 18.2 Å². The lowest BCUT2D eigenvalue weighted by molar-refractivity contribution is 0.0706. The van der Waals surface area contributed by atoms with Gasteiger partial charge >= 0.3 is 0 Å². The Balaban J connectivity index is 1.83. The van der Waals surface area contributed by atoms with Crippen LogP contribution in [-0.2, 0) is 16.8 Å². The molecule has 2 aliphatic heterocycles. The lowest BCUT2D eigenvalue weighted by Crippen LogP contribution is -2.46. The smallest absolute Gasteiger partial charge is 0.282 e. The third-order valence-corrected chi connectivity index (χ3v) is 6.33. The van der Waals surface area contributed by atoms with E-state index in [0.29, 0.717) is 24.4 Å². The summed E-state index contributed by atoms with van der Waals surface area (Å²) in [7, 11) is -3.51. The van der Waals surface area contributed by atoms with Gasteiger partial charge in [0, 0.05) is 37.3 Å². The molecule has 1 saturated heterocycles. The van der Waals surface area contributed by atoms with Gasteiger partial charge in [0.2, 0.25) is 0 Å². The molecule has 0 saturated carbocycles. The fourth-order valence-corrected chi connectivity index (χ4v) is 4.66. The van der Waals surface area contributed by atoms with E-state index in [2.05, 4.69) is 0 Å². The van der Waals surface area contributed by atoms with Crippen molar-refractivity contribution >= 4 is 16.1 Å². The Bertz CT molecular complexity index is 716. The molecular weight excluding hydrogens is 334 g/mol. The van der Waals surface area contributed by atoms with Gasteiger partial charge in [-0.3, -0.25) is 10.0 Å². The third kappa shape index (κ3) is 3.39. The van der Waals surface area contributed by atoms with Gasteiger partial charge in [-0.05, 0) is 25.0 Å². The Morgan fingerprint density at radius 1 is 1.12 bits per heavy atom. The molecule has 0 unspecified atom stereocenters. The van der Waals surface area contributed by atoms with E-state index in [9.17, 15) is 13.2 Å². The normalized spacial score (nSPS) is 19.9. The number of fused-ring (bicyclic) bond motifs is 1.